The normalized spacial score (nSPS) is 12.7. The SMILES string of the molecule is CNC(Cc1nnn(C)n1)c1nccc2ccccc12. The summed E-state index contributed by atoms with van der Waals surface area (Å²) in [5, 5.41) is 17.8. The number of rotatable bonds is 4. The zero-order chi connectivity index (χ0) is 13.9. The lowest BCUT2D eigenvalue weighted by molar-refractivity contribution is 0.561. The predicted octanol–water partition coefficient (Wildman–Crippen LogP) is 1.26. The molecule has 3 aromatic rings. The van der Waals surface area contributed by atoms with Gasteiger partial charge >= 0.3 is 0 Å². The Balaban J connectivity index is 1.98. The van der Waals surface area contributed by atoms with Crippen LogP contribution in [0, 0.1) is 0 Å². The Morgan fingerprint density at radius 3 is 2.85 bits per heavy atom. The molecule has 1 atom stereocenters. The molecule has 0 aliphatic heterocycles. The van der Waals surface area contributed by atoms with Gasteiger partial charge in [-0.1, -0.05) is 24.3 Å². The summed E-state index contributed by atoms with van der Waals surface area (Å²) >= 11 is 0. The summed E-state index contributed by atoms with van der Waals surface area (Å²) in [7, 11) is 3.69. The number of likely N-dealkylation sites (N-methyl/N-ethyl adjacent to an activating group) is 1. The summed E-state index contributed by atoms with van der Waals surface area (Å²) in [5.74, 6) is 0.710. The minimum atomic E-state index is 0.0605. The highest BCUT2D eigenvalue weighted by molar-refractivity contribution is 5.84. The molecule has 0 fully saturated rings. The monoisotopic (exact) mass is 268 g/mol. The molecule has 2 heterocycles. The maximum absolute atomic E-state index is 4.54. The number of tetrazole rings is 1. The summed E-state index contributed by atoms with van der Waals surface area (Å²) in [6.45, 7) is 0. The fourth-order valence-electron chi connectivity index (χ4n) is 2.34. The van der Waals surface area contributed by atoms with E-state index in [4.69, 9.17) is 0 Å². The quantitative estimate of drug-likeness (QED) is 0.771. The van der Waals surface area contributed by atoms with Gasteiger partial charge in [0.25, 0.3) is 0 Å². The minimum Gasteiger partial charge on any atom is -0.311 e. The van der Waals surface area contributed by atoms with Crippen molar-refractivity contribution in [2.24, 2.45) is 7.05 Å². The van der Waals surface area contributed by atoms with E-state index in [1.165, 1.54) is 10.2 Å². The Hall–Kier alpha value is -2.34. The first-order chi connectivity index (χ1) is 9.78. The molecule has 1 unspecified atom stereocenters. The van der Waals surface area contributed by atoms with E-state index in [1.54, 1.807) is 7.05 Å². The molecule has 102 valence electrons. The average Bonchev–Trinajstić information content (AvgIpc) is 2.89. The highest BCUT2D eigenvalue weighted by atomic mass is 15.6. The number of benzene rings is 1. The molecule has 0 saturated carbocycles. The van der Waals surface area contributed by atoms with Crippen molar-refractivity contribution in [3.05, 3.63) is 48.0 Å². The van der Waals surface area contributed by atoms with Crippen molar-refractivity contribution in [3.63, 3.8) is 0 Å². The van der Waals surface area contributed by atoms with Crippen molar-refractivity contribution in [3.8, 4) is 0 Å². The second-order valence-electron chi connectivity index (χ2n) is 4.66. The van der Waals surface area contributed by atoms with Crippen LogP contribution in [0.3, 0.4) is 0 Å². The second-order valence-corrected chi connectivity index (χ2v) is 4.66. The van der Waals surface area contributed by atoms with Gasteiger partial charge < -0.3 is 5.32 Å². The summed E-state index contributed by atoms with van der Waals surface area (Å²) in [5.41, 5.74) is 1.01. The van der Waals surface area contributed by atoms with Gasteiger partial charge in [0.2, 0.25) is 0 Å². The lowest BCUT2D eigenvalue weighted by Crippen LogP contribution is -2.21. The first-order valence-corrected chi connectivity index (χ1v) is 6.51. The van der Waals surface area contributed by atoms with Gasteiger partial charge in [0, 0.05) is 18.0 Å². The number of aromatic nitrogens is 5. The van der Waals surface area contributed by atoms with E-state index in [9.17, 15) is 0 Å². The number of nitrogens with zero attached hydrogens (tertiary/aromatic N) is 5. The van der Waals surface area contributed by atoms with Crippen LogP contribution in [0.5, 0.6) is 0 Å². The molecule has 0 bridgehead atoms. The van der Waals surface area contributed by atoms with E-state index in [-0.39, 0.29) is 6.04 Å². The molecule has 6 heteroatoms. The molecule has 0 saturated heterocycles. The van der Waals surface area contributed by atoms with E-state index in [0.29, 0.717) is 12.2 Å². The molecule has 0 aliphatic carbocycles. The molecule has 1 aromatic carbocycles. The predicted molar refractivity (Wildman–Crippen MR) is 76.0 cm³/mol. The van der Waals surface area contributed by atoms with Gasteiger partial charge in [-0.05, 0) is 23.7 Å². The molecule has 20 heavy (non-hydrogen) atoms. The van der Waals surface area contributed by atoms with E-state index < -0.39 is 0 Å². The fraction of sp³-hybridized carbons (Fsp3) is 0.286. The molecule has 0 aliphatic rings. The van der Waals surface area contributed by atoms with Crippen molar-refractivity contribution in [2.75, 3.05) is 7.05 Å². The third kappa shape index (κ3) is 2.37. The van der Waals surface area contributed by atoms with E-state index in [2.05, 4.69) is 37.8 Å². The zero-order valence-electron chi connectivity index (χ0n) is 11.5. The van der Waals surface area contributed by atoms with Gasteiger partial charge in [0.1, 0.15) is 0 Å². The van der Waals surface area contributed by atoms with Gasteiger partial charge in [-0.3, -0.25) is 4.98 Å². The van der Waals surface area contributed by atoms with Crippen LogP contribution < -0.4 is 5.32 Å². The highest BCUT2D eigenvalue weighted by Gasteiger charge is 2.17. The molecule has 2 aromatic heterocycles. The number of hydrogen-bond acceptors (Lipinski definition) is 5. The van der Waals surface area contributed by atoms with Crippen LogP contribution in [0.25, 0.3) is 10.8 Å². The Morgan fingerprint density at radius 2 is 2.10 bits per heavy atom. The fourth-order valence-corrected chi connectivity index (χ4v) is 2.34. The van der Waals surface area contributed by atoms with E-state index >= 15 is 0 Å². The first-order valence-electron chi connectivity index (χ1n) is 6.51. The van der Waals surface area contributed by atoms with Crippen molar-refractivity contribution in [1.29, 1.82) is 0 Å². The summed E-state index contributed by atoms with van der Waals surface area (Å²) in [4.78, 5) is 6.01. The molecule has 0 amide bonds. The second kappa shape index (κ2) is 5.34. The average molecular weight is 268 g/mol. The van der Waals surface area contributed by atoms with Crippen molar-refractivity contribution >= 4 is 10.8 Å². The number of pyridine rings is 1. The summed E-state index contributed by atoms with van der Waals surface area (Å²) < 4.78 is 0. The Kier molecular flexibility index (Phi) is 3.39. The Bertz CT molecular complexity index is 715. The van der Waals surface area contributed by atoms with E-state index in [0.717, 1.165) is 11.1 Å². The highest BCUT2D eigenvalue weighted by Crippen LogP contribution is 2.23. The zero-order valence-corrected chi connectivity index (χ0v) is 11.5. The van der Waals surface area contributed by atoms with Crippen LogP contribution in [-0.2, 0) is 13.5 Å². The summed E-state index contributed by atoms with van der Waals surface area (Å²) in [6.07, 6.45) is 2.50. The summed E-state index contributed by atoms with van der Waals surface area (Å²) in [6, 6.07) is 10.3. The van der Waals surface area contributed by atoms with Gasteiger partial charge in [0.15, 0.2) is 5.82 Å². The Labute approximate surface area is 116 Å². The lowest BCUT2D eigenvalue weighted by Gasteiger charge is -2.15. The third-order valence-corrected chi connectivity index (χ3v) is 3.32. The maximum Gasteiger partial charge on any atom is 0.176 e. The molecule has 1 N–H and O–H groups in total. The number of nitrogens with one attached hydrogen (secondary N) is 1. The molecule has 0 spiro atoms. The number of aryl methyl sites for hydroxylation is 1. The van der Waals surface area contributed by atoms with Crippen LogP contribution in [0.1, 0.15) is 17.6 Å². The number of hydrogen-bond donors (Lipinski definition) is 1. The van der Waals surface area contributed by atoms with Gasteiger partial charge in [-0.25, -0.2) is 0 Å². The smallest absolute Gasteiger partial charge is 0.176 e. The topological polar surface area (TPSA) is 68.5 Å². The first kappa shape index (κ1) is 12.7. The van der Waals surface area contributed by atoms with Crippen LogP contribution in [0.2, 0.25) is 0 Å². The van der Waals surface area contributed by atoms with Crippen LogP contribution >= 0.6 is 0 Å². The van der Waals surface area contributed by atoms with E-state index in [1.807, 2.05) is 31.4 Å². The third-order valence-electron chi connectivity index (χ3n) is 3.32. The van der Waals surface area contributed by atoms with Crippen LogP contribution in [0.4, 0.5) is 0 Å². The van der Waals surface area contributed by atoms with Crippen LogP contribution in [-0.4, -0.2) is 32.2 Å². The largest absolute Gasteiger partial charge is 0.311 e. The standard InChI is InChI=1S/C14H16N6/c1-15-12(9-13-17-19-20(2)18-13)14-11-6-4-3-5-10(11)7-8-16-14/h3-8,12,15H,9H2,1-2H3. The van der Waals surface area contributed by atoms with Gasteiger partial charge in [-0.2, -0.15) is 4.80 Å². The minimum absolute atomic E-state index is 0.0605. The van der Waals surface area contributed by atoms with Crippen molar-refractivity contribution in [1.82, 2.24) is 30.5 Å². The van der Waals surface area contributed by atoms with Crippen molar-refractivity contribution in [2.45, 2.75) is 12.5 Å². The maximum atomic E-state index is 4.54. The molecule has 0 radical (unpaired) electrons. The molecular weight excluding hydrogens is 252 g/mol. The molecule has 6 nitrogen and oxygen atoms in total. The molecular formula is C14H16N6. The molecule has 3 rings (SSSR count). The van der Waals surface area contributed by atoms with Crippen LogP contribution in [0.15, 0.2) is 36.5 Å². The van der Waals surface area contributed by atoms with Gasteiger partial charge in [-0.15, -0.1) is 10.2 Å². The van der Waals surface area contributed by atoms with Crippen molar-refractivity contribution < 1.29 is 0 Å². The number of fused-ring (bicyclic) bond motifs is 1. The van der Waals surface area contributed by atoms with Gasteiger partial charge in [0.05, 0.1) is 18.8 Å². The Morgan fingerprint density at radius 1 is 1.25 bits per heavy atom. The lowest BCUT2D eigenvalue weighted by atomic mass is 10.0.